The van der Waals surface area contributed by atoms with Gasteiger partial charge in [-0.05, 0) is 25.3 Å². The summed E-state index contributed by atoms with van der Waals surface area (Å²) in [5.41, 5.74) is 7.55. The second-order valence-electron chi connectivity index (χ2n) is 5.87. The molecule has 0 bridgehead atoms. The van der Waals surface area contributed by atoms with E-state index in [1.54, 1.807) is 11.3 Å². The molecule has 3 rings (SSSR count). The average molecular weight is 286 g/mol. The molecular formula is C17H22N2S. The number of aromatic nitrogens is 1. The zero-order valence-corrected chi connectivity index (χ0v) is 12.8. The van der Waals surface area contributed by atoms with Crippen molar-refractivity contribution in [2.24, 2.45) is 5.73 Å². The molecule has 1 fully saturated rings. The van der Waals surface area contributed by atoms with E-state index in [4.69, 9.17) is 10.7 Å². The Morgan fingerprint density at radius 2 is 1.85 bits per heavy atom. The molecule has 1 aromatic heterocycles. The molecule has 1 aliphatic rings. The maximum absolute atomic E-state index is 6.01. The lowest BCUT2D eigenvalue weighted by molar-refractivity contribution is 0.345. The van der Waals surface area contributed by atoms with Gasteiger partial charge < -0.3 is 5.73 Å². The van der Waals surface area contributed by atoms with E-state index in [1.807, 2.05) is 13.1 Å². The molecule has 1 aliphatic carbocycles. The van der Waals surface area contributed by atoms with Gasteiger partial charge in [0.2, 0.25) is 0 Å². The summed E-state index contributed by atoms with van der Waals surface area (Å²) in [5, 5.41) is 1.26. The molecule has 1 heterocycles. The Morgan fingerprint density at radius 3 is 2.45 bits per heavy atom. The number of rotatable bonds is 3. The smallest absolute Gasteiger partial charge is 0.103 e. The lowest BCUT2D eigenvalue weighted by Gasteiger charge is -2.36. The number of hydrogen-bond acceptors (Lipinski definition) is 3. The van der Waals surface area contributed by atoms with Crippen LogP contribution in [-0.2, 0) is 5.41 Å². The van der Waals surface area contributed by atoms with Crippen LogP contribution >= 0.6 is 11.3 Å². The number of nitrogens with zero attached hydrogens (tertiary/aromatic N) is 1. The Balaban J connectivity index is 2.05. The van der Waals surface area contributed by atoms with Crippen LogP contribution in [0.25, 0.3) is 0 Å². The molecule has 0 aliphatic heterocycles. The van der Waals surface area contributed by atoms with E-state index in [0.29, 0.717) is 0 Å². The SMILES string of the molecule is CC(N)c1cnc(C2(c3ccccc3)CCCCC2)s1. The van der Waals surface area contributed by atoms with E-state index in [2.05, 4.69) is 30.3 Å². The van der Waals surface area contributed by atoms with Gasteiger partial charge in [-0.1, -0.05) is 49.6 Å². The molecule has 0 amide bonds. The number of nitrogens with two attached hydrogens (primary N) is 1. The molecule has 2 aromatic rings. The van der Waals surface area contributed by atoms with Crippen molar-refractivity contribution in [3.63, 3.8) is 0 Å². The van der Waals surface area contributed by atoms with Gasteiger partial charge in [0.05, 0.1) is 0 Å². The molecule has 2 N–H and O–H groups in total. The van der Waals surface area contributed by atoms with E-state index in [1.165, 1.54) is 47.6 Å². The van der Waals surface area contributed by atoms with Gasteiger partial charge in [0.15, 0.2) is 0 Å². The van der Waals surface area contributed by atoms with Gasteiger partial charge in [-0.3, -0.25) is 0 Å². The van der Waals surface area contributed by atoms with Crippen molar-refractivity contribution in [1.29, 1.82) is 0 Å². The van der Waals surface area contributed by atoms with Crippen molar-refractivity contribution in [1.82, 2.24) is 4.98 Å². The van der Waals surface area contributed by atoms with Crippen molar-refractivity contribution < 1.29 is 0 Å². The Morgan fingerprint density at radius 1 is 1.15 bits per heavy atom. The minimum absolute atomic E-state index is 0.0812. The molecule has 1 aromatic carbocycles. The first kappa shape index (κ1) is 13.8. The van der Waals surface area contributed by atoms with Gasteiger partial charge in [-0.25, -0.2) is 4.98 Å². The van der Waals surface area contributed by atoms with Crippen LogP contribution in [0.1, 0.15) is 60.5 Å². The molecule has 1 saturated carbocycles. The quantitative estimate of drug-likeness (QED) is 0.907. The zero-order valence-electron chi connectivity index (χ0n) is 12.0. The van der Waals surface area contributed by atoms with Crippen molar-refractivity contribution in [3.8, 4) is 0 Å². The summed E-state index contributed by atoms with van der Waals surface area (Å²) < 4.78 is 0. The highest BCUT2D eigenvalue weighted by Gasteiger charge is 2.38. The first-order chi connectivity index (χ1) is 9.72. The normalized spacial score (nSPS) is 19.7. The summed E-state index contributed by atoms with van der Waals surface area (Å²) in [5.74, 6) is 0. The summed E-state index contributed by atoms with van der Waals surface area (Å²) in [6.45, 7) is 2.04. The van der Waals surface area contributed by atoms with Gasteiger partial charge in [-0.15, -0.1) is 11.3 Å². The predicted molar refractivity (Wildman–Crippen MR) is 85.0 cm³/mol. The van der Waals surface area contributed by atoms with E-state index >= 15 is 0 Å². The molecule has 1 atom stereocenters. The van der Waals surface area contributed by atoms with E-state index in [0.717, 1.165) is 0 Å². The summed E-state index contributed by atoms with van der Waals surface area (Å²) in [7, 11) is 0. The first-order valence-corrected chi connectivity index (χ1v) is 8.31. The molecule has 1 unspecified atom stereocenters. The Kier molecular flexibility index (Phi) is 3.90. The van der Waals surface area contributed by atoms with Crippen LogP contribution in [-0.4, -0.2) is 4.98 Å². The maximum atomic E-state index is 6.01. The van der Waals surface area contributed by atoms with E-state index < -0.39 is 0 Å². The highest BCUT2D eigenvalue weighted by molar-refractivity contribution is 7.11. The van der Waals surface area contributed by atoms with Crippen molar-refractivity contribution in [3.05, 3.63) is 52.0 Å². The fourth-order valence-electron chi connectivity index (χ4n) is 3.26. The van der Waals surface area contributed by atoms with Gasteiger partial charge in [0.1, 0.15) is 5.01 Å². The number of benzene rings is 1. The Bertz CT molecular complexity index is 553. The monoisotopic (exact) mass is 286 g/mol. The third-order valence-electron chi connectivity index (χ3n) is 4.42. The first-order valence-electron chi connectivity index (χ1n) is 7.50. The highest BCUT2D eigenvalue weighted by Crippen LogP contribution is 2.46. The molecule has 0 radical (unpaired) electrons. The Labute approximate surface area is 125 Å². The molecule has 20 heavy (non-hydrogen) atoms. The lowest BCUT2D eigenvalue weighted by Crippen LogP contribution is -2.30. The second-order valence-corrected chi connectivity index (χ2v) is 6.93. The number of hydrogen-bond donors (Lipinski definition) is 1. The van der Waals surface area contributed by atoms with Crippen LogP contribution < -0.4 is 5.73 Å². The van der Waals surface area contributed by atoms with Gasteiger partial charge >= 0.3 is 0 Å². The van der Waals surface area contributed by atoms with Gasteiger partial charge in [0.25, 0.3) is 0 Å². The van der Waals surface area contributed by atoms with Crippen molar-refractivity contribution >= 4 is 11.3 Å². The maximum Gasteiger partial charge on any atom is 0.103 e. The van der Waals surface area contributed by atoms with Crippen LogP contribution in [0.15, 0.2) is 36.5 Å². The molecule has 2 nitrogen and oxygen atoms in total. The molecule has 106 valence electrons. The number of thiazole rings is 1. The largest absolute Gasteiger partial charge is 0.323 e. The molecule has 0 spiro atoms. The van der Waals surface area contributed by atoms with Crippen molar-refractivity contribution in [2.45, 2.75) is 50.5 Å². The van der Waals surface area contributed by atoms with Gasteiger partial charge in [0, 0.05) is 22.5 Å². The minimum Gasteiger partial charge on any atom is -0.323 e. The van der Waals surface area contributed by atoms with Crippen LogP contribution in [0.3, 0.4) is 0 Å². The van der Waals surface area contributed by atoms with Crippen LogP contribution in [0, 0.1) is 0 Å². The summed E-state index contributed by atoms with van der Waals surface area (Å²) in [4.78, 5) is 5.94. The predicted octanol–water partition coefficient (Wildman–Crippen LogP) is 4.41. The highest BCUT2D eigenvalue weighted by atomic mass is 32.1. The summed E-state index contributed by atoms with van der Waals surface area (Å²) in [6, 6.07) is 11.0. The summed E-state index contributed by atoms with van der Waals surface area (Å²) in [6.07, 6.45) is 8.33. The van der Waals surface area contributed by atoms with Crippen LogP contribution in [0.5, 0.6) is 0 Å². The summed E-state index contributed by atoms with van der Waals surface area (Å²) >= 11 is 1.81. The third kappa shape index (κ3) is 2.40. The molecular weight excluding hydrogens is 264 g/mol. The average Bonchev–Trinajstić information content (AvgIpc) is 2.99. The second kappa shape index (κ2) is 5.66. The standard InChI is InChI=1S/C17H22N2S/c1-13(18)15-12-19-16(20-15)17(10-6-3-7-11-17)14-8-4-2-5-9-14/h2,4-5,8-9,12-13H,3,6-7,10-11,18H2,1H3. The zero-order chi connectivity index (χ0) is 14.0. The fourth-order valence-corrected chi connectivity index (χ4v) is 4.39. The van der Waals surface area contributed by atoms with Crippen molar-refractivity contribution in [2.75, 3.05) is 0 Å². The van der Waals surface area contributed by atoms with E-state index in [-0.39, 0.29) is 11.5 Å². The van der Waals surface area contributed by atoms with E-state index in [9.17, 15) is 0 Å². The third-order valence-corrected chi connectivity index (χ3v) is 5.82. The Hall–Kier alpha value is -1.19. The van der Waals surface area contributed by atoms with Crippen LogP contribution in [0.2, 0.25) is 0 Å². The van der Waals surface area contributed by atoms with Crippen LogP contribution in [0.4, 0.5) is 0 Å². The molecule has 3 heteroatoms. The van der Waals surface area contributed by atoms with Gasteiger partial charge in [-0.2, -0.15) is 0 Å². The lowest BCUT2D eigenvalue weighted by atomic mass is 9.70. The minimum atomic E-state index is 0.0812. The molecule has 0 saturated heterocycles. The topological polar surface area (TPSA) is 38.9 Å². The fraction of sp³-hybridized carbons (Fsp3) is 0.471.